The molecule has 0 aliphatic heterocycles. The highest BCUT2D eigenvalue weighted by atomic mass is 16.4. The molecule has 0 saturated carbocycles. The van der Waals surface area contributed by atoms with E-state index in [2.05, 4.69) is 10.3 Å². The van der Waals surface area contributed by atoms with E-state index in [4.69, 9.17) is 5.11 Å². The topological polar surface area (TPSA) is 99.3 Å². The van der Waals surface area contributed by atoms with E-state index < -0.39 is 23.8 Å². The number of aryl methyl sites for hydroxylation is 1. The Bertz CT molecular complexity index is 521. The highest BCUT2D eigenvalue weighted by Crippen LogP contribution is 2.03. The molecule has 0 fully saturated rings. The van der Waals surface area contributed by atoms with Crippen LogP contribution in [0.5, 0.6) is 0 Å². The highest BCUT2D eigenvalue weighted by Gasteiger charge is 2.22. The molecule has 0 saturated heterocycles. The molecule has 6 heteroatoms. The summed E-state index contributed by atoms with van der Waals surface area (Å²) in [6.45, 7) is 4.78. The molecule has 0 aliphatic rings. The molecule has 1 rings (SSSR count). The summed E-state index contributed by atoms with van der Waals surface area (Å²) in [6.07, 6.45) is 1.32. The van der Waals surface area contributed by atoms with Crippen molar-refractivity contribution in [1.82, 2.24) is 10.3 Å². The fourth-order valence-corrected chi connectivity index (χ4v) is 1.37. The van der Waals surface area contributed by atoms with Gasteiger partial charge in [0.25, 0.3) is 5.91 Å². The summed E-state index contributed by atoms with van der Waals surface area (Å²) in [4.78, 5) is 36.9. The lowest BCUT2D eigenvalue weighted by Crippen LogP contribution is -2.41. The molecule has 1 heterocycles. The highest BCUT2D eigenvalue weighted by molar-refractivity contribution is 5.94. The van der Waals surface area contributed by atoms with Gasteiger partial charge >= 0.3 is 5.97 Å². The number of carbonyl (C=O) groups excluding carboxylic acids is 1. The Hall–Kier alpha value is -2.11. The van der Waals surface area contributed by atoms with E-state index in [1.807, 2.05) is 0 Å². The molecule has 0 bridgehead atoms. The molecular formula is C12H16N2O4. The monoisotopic (exact) mass is 252 g/mol. The Kier molecular flexibility index (Phi) is 4.25. The second kappa shape index (κ2) is 5.48. The van der Waals surface area contributed by atoms with Crippen molar-refractivity contribution in [2.24, 2.45) is 5.92 Å². The lowest BCUT2D eigenvalue weighted by molar-refractivity contribution is -0.141. The molecule has 2 atom stereocenters. The number of amides is 1. The van der Waals surface area contributed by atoms with Crippen molar-refractivity contribution in [3.8, 4) is 0 Å². The molecule has 3 N–H and O–H groups in total. The number of H-pyrrole nitrogens is 1. The predicted molar refractivity (Wildman–Crippen MR) is 65.5 cm³/mol. The van der Waals surface area contributed by atoms with Gasteiger partial charge in [0, 0.05) is 24.0 Å². The van der Waals surface area contributed by atoms with E-state index in [0.717, 1.165) is 0 Å². The zero-order valence-corrected chi connectivity index (χ0v) is 10.5. The zero-order chi connectivity index (χ0) is 13.9. The van der Waals surface area contributed by atoms with Crippen molar-refractivity contribution in [3.63, 3.8) is 0 Å². The predicted octanol–water partition coefficient (Wildman–Crippen LogP) is 0.522. The van der Waals surface area contributed by atoms with E-state index in [1.165, 1.54) is 19.2 Å². The molecule has 18 heavy (non-hydrogen) atoms. The molecule has 98 valence electrons. The number of rotatable bonds is 4. The fraction of sp³-hybridized carbons (Fsp3) is 0.417. The summed E-state index contributed by atoms with van der Waals surface area (Å²) in [5, 5.41) is 11.3. The summed E-state index contributed by atoms with van der Waals surface area (Å²) in [5.74, 6) is -2.30. The normalized spacial score (nSPS) is 13.7. The van der Waals surface area contributed by atoms with Crippen LogP contribution in [0, 0.1) is 12.8 Å². The van der Waals surface area contributed by atoms with Crippen LogP contribution in [0.4, 0.5) is 0 Å². The Labute approximate surface area is 104 Å². The number of carboxylic acid groups (broad SMARTS) is 1. The second-order valence-electron chi connectivity index (χ2n) is 4.28. The standard InChI is InChI=1S/C12H16N2O4/c1-6-4-10(15)9(5-13-6)11(16)14-8(3)7(2)12(17)18/h4-5,7-8H,1-3H3,(H,13,15)(H,14,16)(H,17,18). The van der Waals surface area contributed by atoms with Gasteiger partial charge in [-0.05, 0) is 20.8 Å². The van der Waals surface area contributed by atoms with Gasteiger partial charge in [-0.3, -0.25) is 14.4 Å². The number of aromatic nitrogens is 1. The number of hydrogen-bond acceptors (Lipinski definition) is 3. The molecule has 0 aromatic carbocycles. The minimum absolute atomic E-state index is 0.0231. The average molecular weight is 252 g/mol. The first-order chi connectivity index (χ1) is 8.32. The van der Waals surface area contributed by atoms with Gasteiger partial charge in [-0.15, -0.1) is 0 Å². The van der Waals surface area contributed by atoms with Crippen molar-refractivity contribution in [3.05, 3.63) is 33.7 Å². The quantitative estimate of drug-likeness (QED) is 0.727. The second-order valence-corrected chi connectivity index (χ2v) is 4.28. The van der Waals surface area contributed by atoms with Crippen LogP contribution in [0.1, 0.15) is 29.9 Å². The number of carboxylic acids is 1. The van der Waals surface area contributed by atoms with Crippen LogP contribution in [0.3, 0.4) is 0 Å². The first kappa shape index (κ1) is 14.0. The van der Waals surface area contributed by atoms with Gasteiger partial charge in [-0.25, -0.2) is 0 Å². The number of carbonyl (C=O) groups is 2. The minimum atomic E-state index is -0.999. The van der Waals surface area contributed by atoms with Crippen LogP contribution in [0.2, 0.25) is 0 Å². The maximum Gasteiger partial charge on any atom is 0.308 e. The first-order valence-corrected chi connectivity index (χ1v) is 5.56. The van der Waals surface area contributed by atoms with Crippen LogP contribution in [0.25, 0.3) is 0 Å². The molecule has 2 unspecified atom stereocenters. The molecule has 1 aromatic rings. The largest absolute Gasteiger partial charge is 0.481 e. The fourth-order valence-electron chi connectivity index (χ4n) is 1.37. The van der Waals surface area contributed by atoms with Gasteiger partial charge < -0.3 is 15.4 Å². The Morgan fingerprint density at radius 3 is 2.50 bits per heavy atom. The average Bonchev–Trinajstić information content (AvgIpc) is 2.27. The lowest BCUT2D eigenvalue weighted by Gasteiger charge is -2.17. The number of pyridine rings is 1. The Morgan fingerprint density at radius 2 is 2.00 bits per heavy atom. The van der Waals surface area contributed by atoms with Crippen molar-refractivity contribution < 1.29 is 14.7 Å². The van der Waals surface area contributed by atoms with E-state index in [0.29, 0.717) is 5.69 Å². The number of aromatic amines is 1. The maximum absolute atomic E-state index is 11.8. The summed E-state index contributed by atoms with van der Waals surface area (Å²) in [7, 11) is 0. The molecule has 6 nitrogen and oxygen atoms in total. The van der Waals surface area contributed by atoms with Crippen LogP contribution in [-0.4, -0.2) is 28.0 Å². The number of nitrogens with one attached hydrogen (secondary N) is 2. The van der Waals surface area contributed by atoms with Crippen molar-refractivity contribution in [2.75, 3.05) is 0 Å². The van der Waals surface area contributed by atoms with Crippen LogP contribution >= 0.6 is 0 Å². The zero-order valence-electron chi connectivity index (χ0n) is 10.5. The summed E-state index contributed by atoms with van der Waals surface area (Å²) in [5.41, 5.74) is 0.243. The van der Waals surface area contributed by atoms with Gasteiger partial charge in [0.1, 0.15) is 5.56 Å². The smallest absolute Gasteiger partial charge is 0.308 e. The van der Waals surface area contributed by atoms with Gasteiger partial charge in [0.2, 0.25) is 0 Å². The van der Waals surface area contributed by atoms with Gasteiger partial charge in [0.15, 0.2) is 5.43 Å². The minimum Gasteiger partial charge on any atom is -0.481 e. The van der Waals surface area contributed by atoms with Crippen molar-refractivity contribution >= 4 is 11.9 Å². The Morgan fingerprint density at radius 1 is 1.39 bits per heavy atom. The Balaban J connectivity index is 2.83. The first-order valence-electron chi connectivity index (χ1n) is 5.56. The third-order valence-corrected chi connectivity index (χ3v) is 2.80. The molecular weight excluding hydrogens is 236 g/mol. The van der Waals surface area contributed by atoms with Gasteiger partial charge in [-0.1, -0.05) is 0 Å². The van der Waals surface area contributed by atoms with E-state index in [1.54, 1.807) is 13.8 Å². The maximum atomic E-state index is 11.8. The lowest BCUT2D eigenvalue weighted by atomic mass is 10.0. The number of aliphatic carboxylic acids is 1. The van der Waals surface area contributed by atoms with Crippen LogP contribution in [-0.2, 0) is 4.79 Å². The van der Waals surface area contributed by atoms with Crippen LogP contribution in [0.15, 0.2) is 17.1 Å². The molecule has 1 aromatic heterocycles. The molecule has 0 aliphatic carbocycles. The molecule has 0 spiro atoms. The summed E-state index contributed by atoms with van der Waals surface area (Å²) < 4.78 is 0. The summed E-state index contributed by atoms with van der Waals surface area (Å²) in [6, 6.07) is 0.760. The van der Waals surface area contributed by atoms with Gasteiger partial charge in [-0.2, -0.15) is 0 Å². The SMILES string of the molecule is Cc1cc(=O)c(C(=O)NC(C)C(C)C(=O)O)c[nH]1. The number of hydrogen-bond donors (Lipinski definition) is 3. The summed E-state index contributed by atoms with van der Waals surface area (Å²) >= 11 is 0. The molecule has 0 radical (unpaired) electrons. The third-order valence-electron chi connectivity index (χ3n) is 2.80. The van der Waals surface area contributed by atoms with E-state index >= 15 is 0 Å². The van der Waals surface area contributed by atoms with E-state index in [-0.39, 0.29) is 11.0 Å². The van der Waals surface area contributed by atoms with Gasteiger partial charge in [0.05, 0.1) is 5.92 Å². The third kappa shape index (κ3) is 3.19. The van der Waals surface area contributed by atoms with E-state index in [9.17, 15) is 14.4 Å². The molecule has 1 amide bonds. The van der Waals surface area contributed by atoms with Crippen molar-refractivity contribution in [2.45, 2.75) is 26.8 Å². The van der Waals surface area contributed by atoms with Crippen LogP contribution < -0.4 is 10.7 Å². The van der Waals surface area contributed by atoms with Crippen molar-refractivity contribution in [1.29, 1.82) is 0 Å².